The van der Waals surface area contributed by atoms with Gasteiger partial charge in [-0.2, -0.15) is 0 Å². The molecule has 18 heavy (non-hydrogen) atoms. The largest absolute Gasteiger partial charge is 0.437 e. The van der Waals surface area contributed by atoms with Crippen LogP contribution >= 0.6 is 22.6 Å². The van der Waals surface area contributed by atoms with E-state index in [9.17, 15) is 0 Å². The van der Waals surface area contributed by atoms with Crippen LogP contribution in [-0.2, 0) is 0 Å². The van der Waals surface area contributed by atoms with E-state index in [4.69, 9.17) is 4.74 Å². The van der Waals surface area contributed by atoms with Crippen molar-refractivity contribution in [3.05, 3.63) is 58.3 Å². The summed E-state index contributed by atoms with van der Waals surface area (Å²) in [5.41, 5.74) is 1.70. The minimum Gasteiger partial charge on any atom is -0.437 e. The number of para-hydroxylation sites is 2. The molecule has 0 aliphatic heterocycles. The molecular weight excluding hydrogens is 339 g/mol. The maximum atomic E-state index is 5.66. The highest BCUT2D eigenvalue weighted by Crippen LogP contribution is 2.21. The van der Waals surface area contributed by atoms with E-state index in [-0.39, 0.29) is 0 Å². The monoisotopic (exact) mass is 348 g/mol. The van der Waals surface area contributed by atoms with Gasteiger partial charge in [-0.1, -0.05) is 12.1 Å². The molecule has 0 fully saturated rings. The normalized spacial score (nSPS) is 10.5. The van der Waals surface area contributed by atoms with Crippen molar-refractivity contribution < 1.29 is 4.74 Å². The number of fused-ring (bicyclic) bond motifs is 1. The molecule has 1 heterocycles. The molecule has 0 spiro atoms. The van der Waals surface area contributed by atoms with Gasteiger partial charge in [0.05, 0.1) is 17.2 Å². The van der Waals surface area contributed by atoms with E-state index in [1.54, 1.807) is 6.20 Å². The highest BCUT2D eigenvalue weighted by Gasteiger charge is 2.01. The third-order valence-electron chi connectivity index (χ3n) is 2.46. The minimum atomic E-state index is 0.509. The molecule has 88 valence electrons. The first kappa shape index (κ1) is 11.4. The van der Waals surface area contributed by atoms with E-state index in [0.29, 0.717) is 5.88 Å². The van der Waals surface area contributed by atoms with Gasteiger partial charge in [-0.05, 0) is 59.0 Å². The van der Waals surface area contributed by atoms with Crippen LogP contribution in [0.2, 0.25) is 0 Å². The Morgan fingerprint density at radius 1 is 0.889 bits per heavy atom. The Hall–Kier alpha value is -1.69. The average molecular weight is 348 g/mol. The highest BCUT2D eigenvalue weighted by molar-refractivity contribution is 14.1. The van der Waals surface area contributed by atoms with Crippen LogP contribution in [0, 0.1) is 3.57 Å². The molecule has 0 unspecified atom stereocenters. The fraction of sp³-hybridized carbons (Fsp3) is 0. The van der Waals surface area contributed by atoms with Gasteiger partial charge in [0, 0.05) is 3.57 Å². The van der Waals surface area contributed by atoms with Gasteiger partial charge in [-0.25, -0.2) is 9.97 Å². The first-order valence-electron chi connectivity index (χ1n) is 5.46. The van der Waals surface area contributed by atoms with Gasteiger partial charge < -0.3 is 4.74 Å². The molecule has 0 bridgehead atoms. The fourth-order valence-corrected chi connectivity index (χ4v) is 1.97. The lowest BCUT2D eigenvalue weighted by atomic mass is 10.3. The summed E-state index contributed by atoms with van der Waals surface area (Å²) in [7, 11) is 0. The third-order valence-corrected chi connectivity index (χ3v) is 3.18. The maximum Gasteiger partial charge on any atom is 0.238 e. The summed E-state index contributed by atoms with van der Waals surface area (Å²) in [5, 5.41) is 0. The van der Waals surface area contributed by atoms with Gasteiger partial charge >= 0.3 is 0 Å². The highest BCUT2D eigenvalue weighted by atomic mass is 127. The van der Waals surface area contributed by atoms with Crippen LogP contribution in [0.3, 0.4) is 0 Å². The second-order valence-electron chi connectivity index (χ2n) is 3.75. The van der Waals surface area contributed by atoms with E-state index in [2.05, 4.69) is 32.6 Å². The predicted molar refractivity (Wildman–Crippen MR) is 78.8 cm³/mol. The maximum absolute atomic E-state index is 5.66. The fourth-order valence-electron chi connectivity index (χ4n) is 1.61. The average Bonchev–Trinajstić information content (AvgIpc) is 2.41. The lowest BCUT2D eigenvalue weighted by Crippen LogP contribution is -1.90. The molecule has 0 aliphatic carbocycles. The lowest BCUT2D eigenvalue weighted by molar-refractivity contribution is 0.462. The number of hydrogen-bond donors (Lipinski definition) is 0. The van der Waals surface area contributed by atoms with E-state index >= 15 is 0 Å². The summed E-state index contributed by atoms with van der Waals surface area (Å²) in [6, 6.07) is 15.5. The van der Waals surface area contributed by atoms with Crippen LogP contribution in [0.25, 0.3) is 11.0 Å². The summed E-state index contributed by atoms with van der Waals surface area (Å²) in [4.78, 5) is 8.71. The second-order valence-corrected chi connectivity index (χ2v) is 5.00. The molecule has 3 rings (SSSR count). The van der Waals surface area contributed by atoms with Crippen LogP contribution in [0.4, 0.5) is 0 Å². The van der Waals surface area contributed by atoms with Crippen molar-refractivity contribution in [3.8, 4) is 11.6 Å². The van der Waals surface area contributed by atoms with Crippen molar-refractivity contribution in [2.24, 2.45) is 0 Å². The Kier molecular flexibility index (Phi) is 3.10. The predicted octanol–water partition coefficient (Wildman–Crippen LogP) is 4.03. The number of nitrogens with zero attached hydrogens (tertiary/aromatic N) is 2. The van der Waals surface area contributed by atoms with Gasteiger partial charge in [-0.3, -0.25) is 0 Å². The SMILES string of the molecule is Ic1ccc(Oc2cnc3ccccc3n2)cc1. The van der Waals surface area contributed by atoms with E-state index < -0.39 is 0 Å². The summed E-state index contributed by atoms with van der Waals surface area (Å²) >= 11 is 2.26. The second kappa shape index (κ2) is 4.89. The van der Waals surface area contributed by atoms with Gasteiger partial charge in [0.2, 0.25) is 5.88 Å². The Morgan fingerprint density at radius 3 is 2.39 bits per heavy atom. The summed E-state index contributed by atoms with van der Waals surface area (Å²) in [6.07, 6.45) is 1.64. The first-order valence-corrected chi connectivity index (χ1v) is 6.54. The summed E-state index contributed by atoms with van der Waals surface area (Å²) in [5.74, 6) is 1.27. The molecule has 2 aromatic carbocycles. The van der Waals surface area contributed by atoms with Crippen molar-refractivity contribution >= 4 is 33.6 Å². The molecule has 0 atom stereocenters. The first-order chi connectivity index (χ1) is 8.81. The van der Waals surface area contributed by atoms with Gasteiger partial charge in [-0.15, -0.1) is 0 Å². The van der Waals surface area contributed by atoms with Crippen LogP contribution in [0.1, 0.15) is 0 Å². The molecule has 0 saturated carbocycles. The zero-order valence-corrected chi connectivity index (χ0v) is 11.5. The summed E-state index contributed by atoms with van der Waals surface area (Å²) < 4.78 is 6.84. The zero-order valence-electron chi connectivity index (χ0n) is 9.38. The molecule has 0 saturated heterocycles. The molecule has 0 N–H and O–H groups in total. The van der Waals surface area contributed by atoms with Crippen LogP contribution in [0.5, 0.6) is 11.6 Å². The van der Waals surface area contributed by atoms with E-state index in [1.165, 1.54) is 3.57 Å². The Bertz CT molecular complexity index is 683. The van der Waals surface area contributed by atoms with Crippen molar-refractivity contribution in [3.63, 3.8) is 0 Å². The lowest BCUT2D eigenvalue weighted by Gasteiger charge is -2.05. The smallest absolute Gasteiger partial charge is 0.238 e. The molecule has 1 aromatic heterocycles. The Labute approximate surface area is 118 Å². The Balaban J connectivity index is 1.92. The Morgan fingerprint density at radius 2 is 1.61 bits per heavy atom. The molecule has 0 radical (unpaired) electrons. The number of ether oxygens (including phenoxy) is 1. The van der Waals surface area contributed by atoms with Gasteiger partial charge in [0.1, 0.15) is 5.75 Å². The van der Waals surface area contributed by atoms with Crippen molar-refractivity contribution in [2.45, 2.75) is 0 Å². The number of aromatic nitrogens is 2. The van der Waals surface area contributed by atoms with Crippen LogP contribution in [-0.4, -0.2) is 9.97 Å². The number of rotatable bonds is 2. The molecule has 3 nitrogen and oxygen atoms in total. The molecule has 4 heteroatoms. The third kappa shape index (κ3) is 2.43. The number of hydrogen-bond acceptors (Lipinski definition) is 3. The standard InChI is InChI=1S/C14H9IN2O/c15-10-5-7-11(8-6-10)18-14-9-16-12-3-1-2-4-13(12)17-14/h1-9H. The van der Waals surface area contributed by atoms with Crippen molar-refractivity contribution in [1.82, 2.24) is 9.97 Å². The van der Waals surface area contributed by atoms with Crippen molar-refractivity contribution in [1.29, 1.82) is 0 Å². The van der Waals surface area contributed by atoms with Gasteiger partial charge in [0.25, 0.3) is 0 Å². The molecular formula is C14H9IN2O. The number of halogens is 1. The van der Waals surface area contributed by atoms with Crippen LogP contribution < -0.4 is 4.74 Å². The quantitative estimate of drug-likeness (QED) is 0.656. The molecule has 0 aliphatic rings. The molecule has 3 aromatic rings. The van der Waals surface area contributed by atoms with Crippen LogP contribution in [0.15, 0.2) is 54.7 Å². The number of benzene rings is 2. The molecule has 0 amide bonds. The zero-order chi connectivity index (χ0) is 12.4. The van der Waals surface area contributed by atoms with Gasteiger partial charge in [0.15, 0.2) is 0 Å². The van der Waals surface area contributed by atoms with E-state index in [1.807, 2.05) is 48.5 Å². The summed E-state index contributed by atoms with van der Waals surface area (Å²) in [6.45, 7) is 0. The van der Waals surface area contributed by atoms with Crippen molar-refractivity contribution in [2.75, 3.05) is 0 Å². The van der Waals surface area contributed by atoms with E-state index in [0.717, 1.165) is 16.8 Å². The minimum absolute atomic E-state index is 0.509. The topological polar surface area (TPSA) is 35.0 Å².